The van der Waals surface area contributed by atoms with Gasteiger partial charge >= 0.3 is 0 Å². The maximum Gasteiger partial charge on any atom is 0.269 e. The van der Waals surface area contributed by atoms with Gasteiger partial charge in [0.05, 0.1) is 6.61 Å². The minimum Gasteiger partial charge on any atom is -0.494 e. The van der Waals surface area contributed by atoms with Crippen molar-refractivity contribution >= 4 is 11.8 Å². The van der Waals surface area contributed by atoms with Gasteiger partial charge in [0.25, 0.3) is 11.8 Å². The van der Waals surface area contributed by atoms with Gasteiger partial charge in [-0.2, -0.15) is 0 Å². The molecular formula is C16H24N2O4. The molecule has 1 aromatic carbocycles. The lowest BCUT2D eigenvalue weighted by atomic mass is 10.2. The minimum absolute atomic E-state index is 0.0820. The Morgan fingerprint density at radius 1 is 1.05 bits per heavy atom. The van der Waals surface area contributed by atoms with E-state index in [4.69, 9.17) is 9.47 Å². The first kappa shape index (κ1) is 18.0. The van der Waals surface area contributed by atoms with E-state index in [0.29, 0.717) is 18.8 Å². The van der Waals surface area contributed by atoms with Crippen molar-refractivity contribution in [2.45, 2.75) is 33.1 Å². The molecule has 2 N–H and O–H groups in total. The van der Waals surface area contributed by atoms with Gasteiger partial charge in [-0.25, -0.2) is 0 Å². The molecule has 0 aliphatic heterocycles. The topological polar surface area (TPSA) is 76.7 Å². The fourth-order valence-corrected chi connectivity index (χ4v) is 1.67. The zero-order valence-corrected chi connectivity index (χ0v) is 13.2. The Bertz CT molecular complexity index is 460. The minimum atomic E-state index is -0.397. The van der Waals surface area contributed by atoms with Crippen LogP contribution in [0.1, 0.15) is 43.5 Å². The predicted molar refractivity (Wildman–Crippen MR) is 83.6 cm³/mol. The fraction of sp³-hybridized carbons (Fsp3) is 0.500. The second-order valence-corrected chi connectivity index (χ2v) is 4.72. The first-order valence-corrected chi connectivity index (χ1v) is 7.57. The average Bonchev–Trinajstić information content (AvgIpc) is 2.55. The number of amides is 2. The number of hydrazine groups is 1. The summed E-state index contributed by atoms with van der Waals surface area (Å²) in [6, 6.07) is 6.78. The Morgan fingerprint density at radius 2 is 1.77 bits per heavy atom. The number of carbonyl (C=O) groups is 2. The maximum atomic E-state index is 11.8. The van der Waals surface area contributed by atoms with E-state index in [1.807, 2.05) is 0 Å². The van der Waals surface area contributed by atoms with E-state index in [2.05, 4.69) is 17.8 Å². The summed E-state index contributed by atoms with van der Waals surface area (Å²) >= 11 is 0. The molecule has 0 saturated carbocycles. The summed E-state index contributed by atoms with van der Waals surface area (Å²) in [7, 11) is 0. The van der Waals surface area contributed by atoms with Crippen molar-refractivity contribution in [2.24, 2.45) is 0 Å². The fourth-order valence-electron chi connectivity index (χ4n) is 1.67. The number of hydrogen-bond donors (Lipinski definition) is 2. The zero-order chi connectivity index (χ0) is 16.2. The Kier molecular flexibility index (Phi) is 8.67. The number of ether oxygens (including phenoxy) is 2. The standard InChI is InChI=1S/C16H24N2O4/c1-3-5-6-11-22-14-9-7-13(8-10-14)16(20)18-17-15(19)12-21-4-2/h7-10H,3-6,11-12H2,1-2H3,(H,17,19)(H,18,20). The van der Waals surface area contributed by atoms with Crippen LogP contribution in [0.4, 0.5) is 0 Å². The van der Waals surface area contributed by atoms with E-state index in [1.165, 1.54) is 0 Å². The van der Waals surface area contributed by atoms with Gasteiger partial charge in [-0.3, -0.25) is 20.4 Å². The lowest BCUT2D eigenvalue weighted by Gasteiger charge is -2.09. The van der Waals surface area contributed by atoms with E-state index in [1.54, 1.807) is 31.2 Å². The normalized spacial score (nSPS) is 10.1. The van der Waals surface area contributed by atoms with Crippen molar-refractivity contribution in [1.29, 1.82) is 0 Å². The van der Waals surface area contributed by atoms with Crippen LogP contribution in [-0.4, -0.2) is 31.6 Å². The maximum absolute atomic E-state index is 11.8. The molecule has 0 bridgehead atoms. The van der Waals surface area contributed by atoms with Crippen LogP contribution < -0.4 is 15.6 Å². The molecule has 0 aliphatic rings. The molecule has 6 nitrogen and oxygen atoms in total. The van der Waals surface area contributed by atoms with Crippen LogP contribution in [0.15, 0.2) is 24.3 Å². The molecule has 0 fully saturated rings. The first-order valence-electron chi connectivity index (χ1n) is 7.57. The Morgan fingerprint density at radius 3 is 2.41 bits per heavy atom. The van der Waals surface area contributed by atoms with E-state index in [0.717, 1.165) is 25.0 Å². The smallest absolute Gasteiger partial charge is 0.269 e. The summed E-state index contributed by atoms with van der Waals surface area (Å²) in [5.41, 5.74) is 5.05. The van der Waals surface area contributed by atoms with Crippen LogP contribution in [0.3, 0.4) is 0 Å². The molecule has 122 valence electrons. The third kappa shape index (κ3) is 7.08. The van der Waals surface area contributed by atoms with Crippen molar-refractivity contribution in [2.75, 3.05) is 19.8 Å². The van der Waals surface area contributed by atoms with Crippen molar-refractivity contribution in [3.05, 3.63) is 29.8 Å². The van der Waals surface area contributed by atoms with E-state index < -0.39 is 5.91 Å². The second kappa shape index (κ2) is 10.6. The lowest BCUT2D eigenvalue weighted by molar-refractivity contribution is -0.126. The third-order valence-corrected chi connectivity index (χ3v) is 2.89. The quantitative estimate of drug-likeness (QED) is 0.541. The molecule has 0 unspecified atom stereocenters. The number of nitrogens with one attached hydrogen (secondary N) is 2. The molecule has 1 rings (SSSR count). The molecule has 22 heavy (non-hydrogen) atoms. The van der Waals surface area contributed by atoms with Crippen molar-refractivity contribution < 1.29 is 19.1 Å². The van der Waals surface area contributed by atoms with Crippen LogP contribution >= 0.6 is 0 Å². The molecule has 1 aromatic rings. The second-order valence-electron chi connectivity index (χ2n) is 4.72. The molecule has 2 amide bonds. The Hall–Kier alpha value is -2.08. The van der Waals surface area contributed by atoms with Gasteiger partial charge in [0.15, 0.2) is 0 Å². The third-order valence-electron chi connectivity index (χ3n) is 2.89. The molecule has 0 aromatic heterocycles. The monoisotopic (exact) mass is 308 g/mol. The number of benzene rings is 1. The van der Waals surface area contributed by atoms with Crippen LogP contribution in [-0.2, 0) is 9.53 Å². The SMILES string of the molecule is CCCCCOc1ccc(C(=O)NNC(=O)COCC)cc1. The first-order chi connectivity index (χ1) is 10.7. The highest BCUT2D eigenvalue weighted by molar-refractivity contribution is 5.95. The molecule has 6 heteroatoms. The van der Waals surface area contributed by atoms with E-state index in [-0.39, 0.29) is 12.5 Å². The average molecular weight is 308 g/mol. The number of rotatable bonds is 9. The summed E-state index contributed by atoms with van der Waals surface area (Å²) in [6.45, 7) is 4.97. The molecule has 0 radical (unpaired) electrons. The molecule has 0 heterocycles. The van der Waals surface area contributed by atoms with Gasteiger partial charge in [-0.05, 0) is 37.6 Å². The van der Waals surface area contributed by atoms with Crippen molar-refractivity contribution in [3.8, 4) is 5.75 Å². The number of carbonyl (C=O) groups excluding carboxylic acids is 2. The van der Waals surface area contributed by atoms with Crippen LogP contribution in [0, 0.1) is 0 Å². The number of unbranched alkanes of at least 4 members (excludes halogenated alkanes) is 2. The van der Waals surface area contributed by atoms with Gasteiger partial charge in [0.2, 0.25) is 0 Å². The van der Waals surface area contributed by atoms with Crippen molar-refractivity contribution in [1.82, 2.24) is 10.9 Å². The summed E-state index contributed by atoms with van der Waals surface area (Å²) in [4.78, 5) is 23.1. The molecule has 0 spiro atoms. The Labute approximate surface area is 131 Å². The van der Waals surface area contributed by atoms with Gasteiger partial charge in [-0.1, -0.05) is 19.8 Å². The highest BCUT2D eigenvalue weighted by Crippen LogP contribution is 2.12. The largest absolute Gasteiger partial charge is 0.494 e. The lowest BCUT2D eigenvalue weighted by Crippen LogP contribution is -2.43. The van der Waals surface area contributed by atoms with Crippen molar-refractivity contribution in [3.63, 3.8) is 0 Å². The molecule has 0 atom stereocenters. The molecule has 0 aliphatic carbocycles. The highest BCUT2D eigenvalue weighted by atomic mass is 16.5. The Balaban J connectivity index is 2.35. The van der Waals surface area contributed by atoms with Crippen LogP contribution in [0.2, 0.25) is 0 Å². The summed E-state index contributed by atoms with van der Waals surface area (Å²) < 4.78 is 10.5. The summed E-state index contributed by atoms with van der Waals surface area (Å²) in [5, 5.41) is 0. The summed E-state index contributed by atoms with van der Waals surface area (Å²) in [5.74, 6) is -0.0542. The zero-order valence-electron chi connectivity index (χ0n) is 13.2. The van der Waals surface area contributed by atoms with Gasteiger partial charge < -0.3 is 9.47 Å². The molecular weight excluding hydrogens is 284 g/mol. The van der Waals surface area contributed by atoms with E-state index >= 15 is 0 Å². The highest BCUT2D eigenvalue weighted by Gasteiger charge is 2.07. The van der Waals surface area contributed by atoms with E-state index in [9.17, 15) is 9.59 Å². The molecule has 0 saturated heterocycles. The predicted octanol–water partition coefficient (Wildman–Crippen LogP) is 2.05. The van der Waals surface area contributed by atoms with Gasteiger partial charge in [0, 0.05) is 12.2 Å². The number of hydrogen-bond acceptors (Lipinski definition) is 4. The van der Waals surface area contributed by atoms with Crippen LogP contribution in [0.25, 0.3) is 0 Å². The summed E-state index contributed by atoms with van der Waals surface area (Å²) in [6.07, 6.45) is 3.31. The van der Waals surface area contributed by atoms with Gasteiger partial charge in [0.1, 0.15) is 12.4 Å². The van der Waals surface area contributed by atoms with Gasteiger partial charge in [-0.15, -0.1) is 0 Å². The van der Waals surface area contributed by atoms with Crippen LogP contribution in [0.5, 0.6) is 5.75 Å².